The molecule has 5 nitrogen and oxygen atoms in total. The molecular formula is C13H24N2O3. The molecule has 0 saturated carbocycles. The second kappa shape index (κ2) is 5.45. The molecule has 0 aromatic rings. The van der Waals surface area contributed by atoms with Crippen molar-refractivity contribution in [3.63, 3.8) is 0 Å². The van der Waals surface area contributed by atoms with Crippen molar-refractivity contribution in [2.75, 3.05) is 32.8 Å². The number of likely N-dealkylation sites (tertiary alicyclic amines) is 1. The maximum absolute atomic E-state index is 12.4. The summed E-state index contributed by atoms with van der Waals surface area (Å²) in [5.74, 6) is 0. The lowest BCUT2D eigenvalue weighted by Gasteiger charge is -2.44. The number of nitrogens with zero attached hydrogens (tertiary/aromatic N) is 2. The van der Waals surface area contributed by atoms with Crippen LogP contribution in [0.3, 0.4) is 0 Å². The van der Waals surface area contributed by atoms with E-state index in [-0.39, 0.29) is 24.3 Å². The minimum atomic E-state index is -0.378. The van der Waals surface area contributed by atoms with Crippen LogP contribution in [0, 0.1) is 0 Å². The highest BCUT2D eigenvalue weighted by Gasteiger charge is 2.36. The van der Waals surface area contributed by atoms with E-state index in [9.17, 15) is 9.90 Å². The summed E-state index contributed by atoms with van der Waals surface area (Å²) in [6.45, 7) is 6.71. The third-order valence-electron chi connectivity index (χ3n) is 3.58. The average molecular weight is 256 g/mol. The van der Waals surface area contributed by atoms with Gasteiger partial charge in [-0.3, -0.25) is 0 Å². The first kappa shape index (κ1) is 13.6. The second-order valence-electron chi connectivity index (χ2n) is 5.89. The number of ether oxygens (including phenoxy) is 1. The molecule has 0 aliphatic carbocycles. The molecule has 0 bridgehead atoms. The Hall–Kier alpha value is -0.810. The van der Waals surface area contributed by atoms with Gasteiger partial charge in [0.05, 0.1) is 31.4 Å². The van der Waals surface area contributed by atoms with Crippen molar-refractivity contribution >= 4 is 6.03 Å². The van der Waals surface area contributed by atoms with Gasteiger partial charge in [-0.2, -0.15) is 0 Å². The van der Waals surface area contributed by atoms with Crippen molar-refractivity contribution in [1.82, 2.24) is 9.80 Å². The van der Waals surface area contributed by atoms with E-state index in [1.165, 1.54) is 6.42 Å². The van der Waals surface area contributed by atoms with Crippen LogP contribution in [0.25, 0.3) is 0 Å². The zero-order valence-corrected chi connectivity index (χ0v) is 11.4. The number of carbonyl (C=O) groups excluding carboxylic acids is 1. The zero-order valence-electron chi connectivity index (χ0n) is 11.4. The molecule has 2 aliphatic heterocycles. The highest BCUT2D eigenvalue weighted by molar-refractivity contribution is 5.74. The molecule has 5 heteroatoms. The lowest BCUT2D eigenvalue weighted by atomic mass is 10.1. The van der Waals surface area contributed by atoms with E-state index in [2.05, 4.69) is 0 Å². The van der Waals surface area contributed by atoms with Gasteiger partial charge in [0.1, 0.15) is 0 Å². The smallest absolute Gasteiger partial charge is 0.320 e. The van der Waals surface area contributed by atoms with E-state index in [0.29, 0.717) is 13.1 Å². The Morgan fingerprint density at radius 1 is 1.28 bits per heavy atom. The van der Waals surface area contributed by atoms with Gasteiger partial charge in [0.15, 0.2) is 0 Å². The fraction of sp³-hybridized carbons (Fsp3) is 0.923. The molecule has 2 heterocycles. The fourth-order valence-corrected chi connectivity index (χ4v) is 2.82. The van der Waals surface area contributed by atoms with Crippen LogP contribution < -0.4 is 0 Å². The summed E-state index contributed by atoms with van der Waals surface area (Å²) in [7, 11) is 0. The molecule has 0 spiro atoms. The van der Waals surface area contributed by atoms with Gasteiger partial charge in [-0.1, -0.05) is 0 Å². The predicted molar refractivity (Wildman–Crippen MR) is 68.4 cm³/mol. The lowest BCUT2D eigenvalue weighted by Crippen LogP contribution is -2.58. The molecule has 104 valence electrons. The van der Waals surface area contributed by atoms with Gasteiger partial charge in [-0.05, 0) is 33.1 Å². The standard InChI is InChI=1S/C13H24N2O3/c1-13(2)10-15(8-11(9-16)18-13)12(17)14-6-4-3-5-7-14/h11,16H,3-10H2,1-2H3. The normalized spacial score (nSPS) is 28.3. The van der Waals surface area contributed by atoms with Gasteiger partial charge in [0, 0.05) is 13.1 Å². The number of amides is 2. The van der Waals surface area contributed by atoms with Crippen molar-refractivity contribution < 1.29 is 14.6 Å². The number of morpholine rings is 1. The average Bonchev–Trinajstić information content (AvgIpc) is 2.37. The number of carbonyl (C=O) groups is 1. The number of hydrogen-bond donors (Lipinski definition) is 1. The number of aliphatic hydroxyl groups excluding tert-OH is 1. The van der Waals surface area contributed by atoms with E-state index in [0.717, 1.165) is 25.9 Å². The Bertz CT molecular complexity index is 301. The second-order valence-corrected chi connectivity index (χ2v) is 5.89. The van der Waals surface area contributed by atoms with Gasteiger partial charge < -0.3 is 19.6 Å². The molecule has 2 amide bonds. The zero-order chi connectivity index (χ0) is 13.2. The van der Waals surface area contributed by atoms with Crippen molar-refractivity contribution in [3.8, 4) is 0 Å². The van der Waals surface area contributed by atoms with E-state index < -0.39 is 0 Å². The van der Waals surface area contributed by atoms with Crippen molar-refractivity contribution in [1.29, 1.82) is 0 Å². The Morgan fingerprint density at radius 2 is 1.94 bits per heavy atom. The molecule has 18 heavy (non-hydrogen) atoms. The highest BCUT2D eigenvalue weighted by atomic mass is 16.5. The minimum Gasteiger partial charge on any atom is -0.394 e. The van der Waals surface area contributed by atoms with Gasteiger partial charge >= 0.3 is 6.03 Å². The van der Waals surface area contributed by atoms with E-state index in [1.807, 2.05) is 23.6 Å². The van der Waals surface area contributed by atoms with Crippen LogP contribution in [0.2, 0.25) is 0 Å². The number of rotatable bonds is 1. The Kier molecular flexibility index (Phi) is 4.12. The number of hydrogen-bond acceptors (Lipinski definition) is 3. The largest absolute Gasteiger partial charge is 0.394 e. The summed E-state index contributed by atoms with van der Waals surface area (Å²) in [6, 6.07) is 0.101. The van der Waals surface area contributed by atoms with E-state index in [1.54, 1.807) is 0 Å². The number of piperidine rings is 1. The van der Waals surface area contributed by atoms with Gasteiger partial charge in [0.25, 0.3) is 0 Å². The highest BCUT2D eigenvalue weighted by Crippen LogP contribution is 2.22. The van der Waals surface area contributed by atoms with Gasteiger partial charge in [-0.25, -0.2) is 4.79 Å². The van der Waals surface area contributed by atoms with E-state index in [4.69, 9.17) is 4.74 Å². The molecule has 0 radical (unpaired) electrons. The summed E-state index contributed by atoms with van der Waals surface area (Å²) >= 11 is 0. The Balaban J connectivity index is 1.99. The van der Waals surface area contributed by atoms with Crippen LogP contribution in [-0.4, -0.2) is 65.4 Å². The molecule has 2 saturated heterocycles. The van der Waals surface area contributed by atoms with Crippen molar-refractivity contribution in [2.24, 2.45) is 0 Å². The van der Waals surface area contributed by atoms with Crippen LogP contribution >= 0.6 is 0 Å². The summed E-state index contributed by atoms with van der Waals surface area (Å²) in [5.41, 5.74) is -0.378. The molecule has 2 rings (SSSR count). The van der Waals surface area contributed by atoms with Crippen LogP contribution in [-0.2, 0) is 4.74 Å². The topological polar surface area (TPSA) is 53.0 Å². The molecular weight excluding hydrogens is 232 g/mol. The molecule has 2 fully saturated rings. The molecule has 1 unspecified atom stereocenters. The first-order chi connectivity index (χ1) is 8.52. The predicted octanol–water partition coefficient (Wildman–Crippen LogP) is 1.06. The summed E-state index contributed by atoms with van der Waals surface area (Å²) < 4.78 is 5.73. The summed E-state index contributed by atoms with van der Waals surface area (Å²) in [6.07, 6.45) is 3.16. The maximum atomic E-state index is 12.4. The number of urea groups is 1. The molecule has 0 aromatic carbocycles. The Morgan fingerprint density at radius 3 is 2.56 bits per heavy atom. The maximum Gasteiger partial charge on any atom is 0.320 e. The fourth-order valence-electron chi connectivity index (χ4n) is 2.82. The van der Waals surface area contributed by atoms with Gasteiger partial charge in [-0.15, -0.1) is 0 Å². The molecule has 1 N–H and O–H groups in total. The SMILES string of the molecule is CC1(C)CN(C(=O)N2CCCCC2)CC(CO)O1. The monoisotopic (exact) mass is 256 g/mol. The first-order valence-electron chi connectivity index (χ1n) is 6.84. The quantitative estimate of drug-likeness (QED) is 0.763. The van der Waals surface area contributed by atoms with Crippen LogP contribution in [0.1, 0.15) is 33.1 Å². The van der Waals surface area contributed by atoms with Crippen LogP contribution in [0.15, 0.2) is 0 Å². The first-order valence-corrected chi connectivity index (χ1v) is 6.84. The summed E-state index contributed by atoms with van der Waals surface area (Å²) in [4.78, 5) is 16.2. The van der Waals surface area contributed by atoms with Crippen LogP contribution in [0.5, 0.6) is 0 Å². The van der Waals surface area contributed by atoms with Crippen LogP contribution in [0.4, 0.5) is 4.79 Å². The van der Waals surface area contributed by atoms with E-state index >= 15 is 0 Å². The van der Waals surface area contributed by atoms with Gasteiger partial charge in [0.2, 0.25) is 0 Å². The molecule has 2 aliphatic rings. The third-order valence-corrected chi connectivity index (χ3v) is 3.58. The lowest BCUT2D eigenvalue weighted by molar-refractivity contribution is -0.140. The third kappa shape index (κ3) is 3.14. The molecule has 0 aromatic heterocycles. The minimum absolute atomic E-state index is 0.0345. The van der Waals surface area contributed by atoms with Crippen molar-refractivity contribution in [3.05, 3.63) is 0 Å². The molecule has 1 atom stereocenters. The van der Waals surface area contributed by atoms with Crippen molar-refractivity contribution in [2.45, 2.75) is 44.8 Å². The summed E-state index contributed by atoms with van der Waals surface area (Å²) in [5, 5.41) is 9.26. The number of aliphatic hydroxyl groups is 1. The Labute approximate surface area is 109 Å².